The fourth-order valence-corrected chi connectivity index (χ4v) is 5.88. The Labute approximate surface area is 173 Å². The predicted molar refractivity (Wildman–Crippen MR) is 111 cm³/mol. The second kappa shape index (κ2) is 7.81. The third kappa shape index (κ3) is 3.90. The van der Waals surface area contributed by atoms with Crippen molar-refractivity contribution in [1.29, 1.82) is 0 Å². The highest BCUT2D eigenvalue weighted by atomic mass is 32.2. The summed E-state index contributed by atoms with van der Waals surface area (Å²) in [4.78, 5) is 14.7. The minimum Gasteiger partial charge on any atom is -0.497 e. The first-order chi connectivity index (χ1) is 13.9. The third-order valence-electron chi connectivity index (χ3n) is 5.20. The molecule has 1 fully saturated rings. The first-order valence-electron chi connectivity index (χ1n) is 9.31. The van der Waals surface area contributed by atoms with Gasteiger partial charge in [0.25, 0.3) is 5.91 Å². The molecule has 1 aliphatic rings. The van der Waals surface area contributed by atoms with Gasteiger partial charge in [-0.25, -0.2) is 13.1 Å². The molecule has 3 aromatic rings. The van der Waals surface area contributed by atoms with Gasteiger partial charge in [-0.2, -0.15) is 0 Å². The summed E-state index contributed by atoms with van der Waals surface area (Å²) < 4.78 is 38.9. The molecule has 0 bridgehead atoms. The van der Waals surface area contributed by atoms with Gasteiger partial charge in [-0.1, -0.05) is 6.07 Å². The lowest BCUT2D eigenvalue weighted by Gasteiger charge is -2.31. The van der Waals surface area contributed by atoms with Crippen molar-refractivity contribution in [2.45, 2.75) is 30.0 Å². The molecule has 1 aromatic carbocycles. The SMILES string of the molecule is COc1ccc2oc(C(=O)N3CCC(NS(=O)(=O)c4cccs4)CC3)c(C)c2c1. The zero-order valence-corrected chi connectivity index (χ0v) is 17.8. The van der Waals surface area contributed by atoms with Crippen LogP contribution in [0.15, 0.2) is 44.3 Å². The number of piperidine rings is 1. The van der Waals surface area contributed by atoms with Crippen molar-refractivity contribution >= 4 is 38.2 Å². The average Bonchev–Trinajstić information content (AvgIpc) is 3.37. The highest BCUT2D eigenvalue weighted by molar-refractivity contribution is 7.91. The molecule has 3 heterocycles. The lowest BCUT2D eigenvalue weighted by molar-refractivity contribution is 0.0680. The number of benzene rings is 1. The van der Waals surface area contributed by atoms with Gasteiger partial charge in [-0.3, -0.25) is 4.79 Å². The van der Waals surface area contributed by atoms with Gasteiger partial charge >= 0.3 is 0 Å². The number of amides is 1. The molecule has 0 spiro atoms. The number of nitrogens with zero attached hydrogens (tertiary/aromatic N) is 1. The molecule has 1 saturated heterocycles. The average molecular weight is 435 g/mol. The second-order valence-electron chi connectivity index (χ2n) is 7.04. The molecule has 0 atom stereocenters. The van der Waals surface area contributed by atoms with Crippen molar-refractivity contribution in [3.8, 4) is 5.75 Å². The van der Waals surface area contributed by atoms with Crippen molar-refractivity contribution in [2.75, 3.05) is 20.2 Å². The van der Waals surface area contributed by atoms with E-state index < -0.39 is 10.0 Å². The first kappa shape index (κ1) is 19.9. The Hall–Kier alpha value is -2.36. The van der Waals surface area contributed by atoms with Crippen LogP contribution < -0.4 is 9.46 Å². The number of likely N-dealkylation sites (tertiary alicyclic amines) is 1. The van der Waals surface area contributed by atoms with Gasteiger partial charge in [-0.15, -0.1) is 11.3 Å². The fourth-order valence-electron chi connectivity index (χ4n) is 3.57. The van der Waals surface area contributed by atoms with Crippen molar-refractivity contribution in [3.05, 3.63) is 47.0 Å². The minimum absolute atomic E-state index is 0.169. The Morgan fingerprint density at radius 1 is 1.28 bits per heavy atom. The van der Waals surface area contributed by atoms with Gasteiger partial charge in [-0.05, 0) is 49.4 Å². The monoisotopic (exact) mass is 434 g/mol. The predicted octanol–water partition coefficient (Wildman–Crippen LogP) is 3.39. The van der Waals surface area contributed by atoms with Gasteiger partial charge in [0, 0.05) is 30.1 Å². The number of rotatable bonds is 5. The van der Waals surface area contributed by atoms with E-state index in [9.17, 15) is 13.2 Å². The fraction of sp³-hybridized carbons (Fsp3) is 0.350. The minimum atomic E-state index is -3.50. The van der Waals surface area contributed by atoms with Gasteiger partial charge in [0.1, 0.15) is 15.5 Å². The lowest BCUT2D eigenvalue weighted by Crippen LogP contribution is -2.46. The zero-order valence-electron chi connectivity index (χ0n) is 16.2. The van der Waals surface area contributed by atoms with E-state index in [1.165, 1.54) is 11.3 Å². The summed E-state index contributed by atoms with van der Waals surface area (Å²) in [7, 11) is -1.91. The van der Waals surface area contributed by atoms with E-state index in [1.54, 1.807) is 41.7 Å². The highest BCUT2D eigenvalue weighted by Crippen LogP contribution is 2.30. The van der Waals surface area contributed by atoms with E-state index >= 15 is 0 Å². The van der Waals surface area contributed by atoms with Crippen LogP contribution in [-0.4, -0.2) is 45.5 Å². The summed E-state index contributed by atoms with van der Waals surface area (Å²) in [5.74, 6) is 0.863. The molecule has 0 unspecified atom stereocenters. The van der Waals surface area contributed by atoms with Crippen LogP contribution in [0.1, 0.15) is 29.0 Å². The molecule has 0 saturated carbocycles. The van der Waals surface area contributed by atoms with Crippen LogP contribution >= 0.6 is 11.3 Å². The Bertz CT molecular complexity index is 1130. The number of aryl methyl sites for hydroxylation is 1. The molecule has 154 valence electrons. The number of thiophene rings is 1. The van der Waals surface area contributed by atoms with Crippen LogP contribution in [0.25, 0.3) is 11.0 Å². The van der Waals surface area contributed by atoms with E-state index in [0.29, 0.717) is 47.2 Å². The molecule has 0 radical (unpaired) electrons. The normalized spacial score (nSPS) is 15.7. The van der Waals surface area contributed by atoms with Crippen LogP contribution in [0.2, 0.25) is 0 Å². The number of nitrogens with one attached hydrogen (secondary N) is 1. The van der Waals surface area contributed by atoms with Crippen molar-refractivity contribution in [1.82, 2.24) is 9.62 Å². The molecule has 7 nitrogen and oxygen atoms in total. The smallest absolute Gasteiger partial charge is 0.289 e. The molecular weight excluding hydrogens is 412 g/mol. The lowest BCUT2D eigenvalue weighted by atomic mass is 10.1. The molecule has 0 aliphatic carbocycles. The summed E-state index contributed by atoms with van der Waals surface area (Å²) in [6.07, 6.45) is 1.12. The van der Waals surface area contributed by atoms with E-state index in [0.717, 1.165) is 10.9 Å². The molecule has 29 heavy (non-hydrogen) atoms. The van der Waals surface area contributed by atoms with Crippen LogP contribution in [0, 0.1) is 6.92 Å². The standard InChI is InChI=1S/C20H22N2O5S2/c1-13-16-12-15(26-2)5-6-17(16)27-19(13)20(23)22-9-7-14(8-10-22)21-29(24,25)18-4-3-11-28-18/h3-6,11-12,14,21H,7-10H2,1-2H3. The number of sulfonamides is 1. The highest BCUT2D eigenvalue weighted by Gasteiger charge is 2.30. The van der Waals surface area contributed by atoms with Crippen LogP contribution in [0.4, 0.5) is 0 Å². The molecule has 1 aliphatic heterocycles. The summed E-state index contributed by atoms with van der Waals surface area (Å²) in [6, 6.07) is 8.56. The summed E-state index contributed by atoms with van der Waals surface area (Å²) in [5.41, 5.74) is 1.43. The maximum absolute atomic E-state index is 13.0. The largest absolute Gasteiger partial charge is 0.497 e. The maximum Gasteiger partial charge on any atom is 0.289 e. The van der Waals surface area contributed by atoms with Crippen LogP contribution in [0.5, 0.6) is 5.75 Å². The summed E-state index contributed by atoms with van der Waals surface area (Å²) in [6.45, 7) is 2.80. The molecule has 2 aromatic heterocycles. The quantitative estimate of drug-likeness (QED) is 0.665. The summed E-state index contributed by atoms with van der Waals surface area (Å²) in [5, 5.41) is 2.59. The van der Waals surface area contributed by atoms with Gasteiger partial charge in [0.15, 0.2) is 5.76 Å². The third-order valence-corrected chi connectivity index (χ3v) is 8.12. The Kier molecular flexibility index (Phi) is 5.37. The Balaban J connectivity index is 1.44. The zero-order chi connectivity index (χ0) is 20.6. The van der Waals surface area contributed by atoms with Gasteiger partial charge < -0.3 is 14.1 Å². The topological polar surface area (TPSA) is 88.8 Å². The van der Waals surface area contributed by atoms with Crippen molar-refractivity contribution in [2.24, 2.45) is 0 Å². The Morgan fingerprint density at radius 2 is 2.03 bits per heavy atom. The van der Waals surface area contributed by atoms with Gasteiger partial charge in [0.05, 0.1) is 7.11 Å². The van der Waals surface area contributed by atoms with E-state index in [2.05, 4.69) is 4.72 Å². The number of hydrogen-bond donors (Lipinski definition) is 1. The van der Waals surface area contributed by atoms with Gasteiger partial charge in [0.2, 0.25) is 10.0 Å². The second-order valence-corrected chi connectivity index (χ2v) is 9.93. The molecule has 4 rings (SSSR count). The van der Waals surface area contributed by atoms with Crippen molar-refractivity contribution < 1.29 is 22.4 Å². The molecule has 9 heteroatoms. The van der Waals surface area contributed by atoms with Crippen LogP contribution in [0.3, 0.4) is 0 Å². The van der Waals surface area contributed by atoms with E-state index in [-0.39, 0.29) is 11.9 Å². The first-order valence-corrected chi connectivity index (χ1v) is 11.7. The van der Waals surface area contributed by atoms with E-state index in [4.69, 9.17) is 9.15 Å². The number of carbonyl (C=O) groups excluding carboxylic acids is 1. The number of ether oxygens (including phenoxy) is 1. The number of hydrogen-bond acceptors (Lipinski definition) is 6. The number of fused-ring (bicyclic) bond motifs is 1. The number of furan rings is 1. The van der Waals surface area contributed by atoms with E-state index in [1.807, 2.05) is 13.0 Å². The maximum atomic E-state index is 13.0. The molecule has 1 amide bonds. The van der Waals surface area contributed by atoms with Crippen molar-refractivity contribution in [3.63, 3.8) is 0 Å². The Morgan fingerprint density at radius 3 is 2.69 bits per heavy atom. The van der Waals surface area contributed by atoms with Crippen LogP contribution in [-0.2, 0) is 10.0 Å². The summed E-state index contributed by atoms with van der Waals surface area (Å²) >= 11 is 1.19. The number of carbonyl (C=O) groups is 1. The number of methoxy groups -OCH3 is 1. The molecule has 1 N–H and O–H groups in total. The molecular formula is C20H22N2O5S2.